The van der Waals surface area contributed by atoms with Crippen molar-refractivity contribution in [2.45, 2.75) is 58.0 Å². The first-order valence-corrected chi connectivity index (χ1v) is 8.47. The molecule has 1 atom stereocenters. The van der Waals surface area contributed by atoms with Gasteiger partial charge in [-0.25, -0.2) is 4.98 Å². The third-order valence-corrected chi connectivity index (χ3v) is 5.21. The maximum Gasteiger partial charge on any atom is 0.203 e. The molecule has 1 aliphatic carbocycles. The highest BCUT2D eigenvalue weighted by atomic mass is 32.1. The van der Waals surface area contributed by atoms with E-state index in [9.17, 15) is 0 Å². The molecule has 3 rings (SSSR count). The third kappa shape index (κ3) is 2.90. The van der Waals surface area contributed by atoms with Gasteiger partial charge in [-0.3, -0.25) is 0 Å². The summed E-state index contributed by atoms with van der Waals surface area (Å²) in [5, 5.41) is 5.81. The molecule has 3 nitrogen and oxygen atoms in total. The largest absolute Gasteiger partial charge is 0.353 e. The standard InChI is InChI=1S/C16H23N3S/c1-12-11-19(13(2)15-9-6-10-20-15)16(17-12)18-14-7-4-3-5-8-14/h6,9-11,13-14H,3-5,7-8H2,1-2H3,(H,17,18). The summed E-state index contributed by atoms with van der Waals surface area (Å²) in [6.07, 6.45) is 8.79. The highest BCUT2D eigenvalue weighted by molar-refractivity contribution is 7.10. The number of anilines is 1. The topological polar surface area (TPSA) is 29.9 Å². The second-order valence-corrected chi connectivity index (χ2v) is 6.76. The van der Waals surface area contributed by atoms with Gasteiger partial charge in [-0.2, -0.15) is 0 Å². The van der Waals surface area contributed by atoms with Crippen molar-refractivity contribution < 1.29 is 0 Å². The normalized spacial score (nSPS) is 18.1. The lowest BCUT2D eigenvalue weighted by molar-refractivity contribution is 0.458. The first-order valence-electron chi connectivity index (χ1n) is 7.59. The summed E-state index contributed by atoms with van der Waals surface area (Å²) in [5.41, 5.74) is 1.09. The van der Waals surface area contributed by atoms with Crippen LogP contribution in [0, 0.1) is 6.92 Å². The van der Waals surface area contributed by atoms with Crippen LogP contribution in [0.3, 0.4) is 0 Å². The van der Waals surface area contributed by atoms with E-state index in [0.29, 0.717) is 12.1 Å². The molecule has 1 unspecified atom stereocenters. The Morgan fingerprint density at radius 3 is 2.85 bits per heavy atom. The molecule has 0 radical (unpaired) electrons. The van der Waals surface area contributed by atoms with Crippen LogP contribution in [0.1, 0.15) is 55.6 Å². The molecule has 4 heteroatoms. The predicted molar refractivity (Wildman–Crippen MR) is 85.6 cm³/mol. The molecule has 0 spiro atoms. The lowest BCUT2D eigenvalue weighted by Crippen LogP contribution is -2.24. The van der Waals surface area contributed by atoms with Crippen molar-refractivity contribution in [2.75, 3.05) is 5.32 Å². The average molecular weight is 289 g/mol. The summed E-state index contributed by atoms with van der Waals surface area (Å²) in [6, 6.07) is 5.27. The molecule has 20 heavy (non-hydrogen) atoms. The van der Waals surface area contributed by atoms with Gasteiger partial charge in [-0.05, 0) is 38.1 Å². The summed E-state index contributed by atoms with van der Waals surface area (Å²) in [4.78, 5) is 6.08. The molecule has 108 valence electrons. The Labute approximate surface area is 125 Å². The molecule has 2 heterocycles. The second kappa shape index (κ2) is 6.00. The summed E-state index contributed by atoms with van der Waals surface area (Å²) < 4.78 is 2.29. The monoisotopic (exact) mass is 289 g/mol. The van der Waals surface area contributed by atoms with Gasteiger partial charge in [-0.15, -0.1) is 11.3 Å². The highest BCUT2D eigenvalue weighted by Gasteiger charge is 2.19. The van der Waals surface area contributed by atoms with Gasteiger partial charge in [0.15, 0.2) is 0 Å². The van der Waals surface area contributed by atoms with E-state index in [-0.39, 0.29) is 0 Å². The van der Waals surface area contributed by atoms with Crippen molar-refractivity contribution in [3.63, 3.8) is 0 Å². The van der Waals surface area contributed by atoms with E-state index in [1.165, 1.54) is 37.0 Å². The van der Waals surface area contributed by atoms with E-state index in [1.807, 2.05) is 11.3 Å². The van der Waals surface area contributed by atoms with Gasteiger partial charge in [0, 0.05) is 17.1 Å². The zero-order valence-electron chi connectivity index (χ0n) is 12.3. The first-order chi connectivity index (χ1) is 9.74. The Balaban J connectivity index is 1.80. The van der Waals surface area contributed by atoms with E-state index >= 15 is 0 Å². The number of hydrogen-bond donors (Lipinski definition) is 1. The zero-order valence-corrected chi connectivity index (χ0v) is 13.1. The van der Waals surface area contributed by atoms with Crippen molar-refractivity contribution in [2.24, 2.45) is 0 Å². The van der Waals surface area contributed by atoms with E-state index in [1.54, 1.807) is 0 Å². The maximum absolute atomic E-state index is 4.69. The number of aromatic nitrogens is 2. The Kier molecular flexibility index (Phi) is 4.10. The summed E-state index contributed by atoms with van der Waals surface area (Å²) >= 11 is 1.81. The van der Waals surface area contributed by atoms with Crippen LogP contribution in [0.2, 0.25) is 0 Å². The fraction of sp³-hybridized carbons (Fsp3) is 0.562. The zero-order chi connectivity index (χ0) is 13.9. The molecule has 1 saturated carbocycles. The van der Waals surface area contributed by atoms with Gasteiger partial charge in [0.1, 0.15) is 0 Å². The molecule has 0 aromatic carbocycles. The fourth-order valence-corrected chi connectivity index (χ4v) is 3.80. The summed E-state index contributed by atoms with van der Waals surface area (Å²) in [7, 11) is 0. The molecular weight excluding hydrogens is 266 g/mol. The number of hydrogen-bond acceptors (Lipinski definition) is 3. The van der Waals surface area contributed by atoms with Gasteiger partial charge in [0.05, 0.1) is 11.7 Å². The molecule has 0 saturated heterocycles. The molecule has 1 fully saturated rings. The van der Waals surface area contributed by atoms with E-state index in [2.05, 4.69) is 47.4 Å². The van der Waals surface area contributed by atoms with Crippen LogP contribution in [0.5, 0.6) is 0 Å². The Hall–Kier alpha value is -1.29. The number of nitrogens with zero attached hydrogens (tertiary/aromatic N) is 2. The number of thiophene rings is 1. The number of aryl methyl sites for hydroxylation is 1. The van der Waals surface area contributed by atoms with Crippen LogP contribution in [-0.2, 0) is 0 Å². The molecule has 0 amide bonds. The van der Waals surface area contributed by atoms with Crippen LogP contribution in [0.25, 0.3) is 0 Å². The number of rotatable bonds is 4. The van der Waals surface area contributed by atoms with Gasteiger partial charge in [0.2, 0.25) is 5.95 Å². The third-order valence-electron chi connectivity index (χ3n) is 4.16. The summed E-state index contributed by atoms with van der Waals surface area (Å²) in [5.74, 6) is 1.04. The van der Waals surface area contributed by atoms with Crippen molar-refractivity contribution in [1.82, 2.24) is 9.55 Å². The lowest BCUT2D eigenvalue weighted by Gasteiger charge is -2.25. The van der Waals surface area contributed by atoms with Crippen LogP contribution in [0.4, 0.5) is 5.95 Å². The number of nitrogens with one attached hydrogen (secondary N) is 1. The second-order valence-electron chi connectivity index (χ2n) is 5.78. The van der Waals surface area contributed by atoms with Crippen LogP contribution in [0.15, 0.2) is 23.7 Å². The summed E-state index contributed by atoms with van der Waals surface area (Å²) in [6.45, 7) is 4.32. The minimum Gasteiger partial charge on any atom is -0.353 e. The highest BCUT2D eigenvalue weighted by Crippen LogP contribution is 2.28. The van der Waals surface area contributed by atoms with Crippen LogP contribution >= 0.6 is 11.3 Å². The number of imidazole rings is 1. The van der Waals surface area contributed by atoms with Gasteiger partial charge in [0.25, 0.3) is 0 Å². The van der Waals surface area contributed by atoms with Crippen molar-refractivity contribution in [3.8, 4) is 0 Å². The molecule has 2 aromatic rings. The minimum absolute atomic E-state index is 0.349. The molecule has 0 aliphatic heterocycles. The van der Waals surface area contributed by atoms with Gasteiger partial charge >= 0.3 is 0 Å². The van der Waals surface area contributed by atoms with Crippen LogP contribution in [-0.4, -0.2) is 15.6 Å². The predicted octanol–water partition coefficient (Wildman–Crippen LogP) is 4.61. The van der Waals surface area contributed by atoms with Crippen LogP contribution < -0.4 is 5.32 Å². The molecule has 1 aliphatic rings. The van der Waals surface area contributed by atoms with E-state index < -0.39 is 0 Å². The fourth-order valence-electron chi connectivity index (χ4n) is 3.01. The van der Waals surface area contributed by atoms with Crippen molar-refractivity contribution in [1.29, 1.82) is 0 Å². The van der Waals surface area contributed by atoms with E-state index in [4.69, 9.17) is 4.98 Å². The first kappa shape index (κ1) is 13.7. The van der Waals surface area contributed by atoms with Crippen molar-refractivity contribution >= 4 is 17.3 Å². The van der Waals surface area contributed by atoms with E-state index in [0.717, 1.165) is 11.6 Å². The average Bonchev–Trinajstić information content (AvgIpc) is 3.09. The minimum atomic E-state index is 0.349. The molecule has 2 aromatic heterocycles. The SMILES string of the molecule is Cc1cn(C(C)c2cccs2)c(NC2CCCCC2)n1. The Bertz CT molecular complexity index is 538. The smallest absolute Gasteiger partial charge is 0.203 e. The quantitative estimate of drug-likeness (QED) is 0.891. The lowest BCUT2D eigenvalue weighted by atomic mass is 9.96. The molecule has 0 bridgehead atoms. The van der Waals surface area contributed by atoms with Crippen molar-refractivity contribution in [3.05, 3.63) is 34.3 Å². The molecular formula is C16H23N3S. The van der Waals surface area contributed by atoms with Gasteiger partial charge < -0.3 is 9.88 Å². The maximum atomic E-state index is 4.69. The Morgan fingerprint density at radius 2 is 2.15 bits per heavy atom. The van der Waals surface area contributed by atoms with Gasteiger partial charge in [-0.1, -0.05) is 25.3 Å². The Morgan fingerprint density at radius 1 is 1.35 bits per heavy atom. The molecule has 1 N–H and O–H groups in total.